The molecule has 0 spiro atoms. The van der Waals surface area contributed by atoms with Gasteiger partial charge in [-0.1, -0.05) is 57.4 Å². The molecule has 19 heavy (non-hydrogen) atoms. The van der Waals surface area contributed by atoms with Gasteiger partial charge in [0.1, 0.15) is 0 Å². The number of rotatable bonds is 5. The first-order valence-corrected chi connectivity index (χ1v) is 8.05. The van der Waals surface area contributed by atoms with Gasteiger partial charge in [-0.25, -0.2) is 0 Å². The molecule has 1 heteroatoms. The van der Waals surface area contributed by atoms with E-state index in [0.717, 1.165) is 18.3 Å². The van der Waals surface area contributed by atoms with Gasteiger partial charge in [-0.15, -0.1) is 0 Å². The fourth-order valence-electron chi connectivity index (χ4n) is 3.73. The summed E-state index contributed by atoms with van der Waals surface area (Å²) in [7, 11) is 2.13. The van der Waals surface area contributed by atoms with Crippen molar-refractivity contribution in [2.24, 2.45) is 11.8 Å². The molecule has 1 atom stereocenters. The third kappa shape index (κ3) is 3.39. The maximum atomic E-state index is 3.60. The van der Waals surface area contributed by atoms with Gasteiger partial charge < -0.3 is 5.32 Å². The molecule has 1 nitrogen and oxygen atoms in total. The van der Waals surface area contributed by atoms with E-state index < -0.39 is 0 Å². The zero-order valence-electron chi connectivity index (χ0n) is 12.8. The molecule has 106 valence electrons. The molecule has 0 amide bonds. The van der Waals surface area contributed by atoms with Crippen molar-refractivity contribution < 1.29 is 0 Å². The van der Waals surface area contributed by atoms with Gasteiger partial charge in [0.2, 0.25) is 0 Å². The minimum atomic E-state index is 0.550. The normalized spacial score (nSPS) is 25.2. The molecule has 1 N–H and O–H groups in total. The molecular weight excluding hydrogens is 230 g/mol. The smallest absolute Gasteiger partial charge is 0.0348 e. The van der Waals surface area contributed by atoms with Crippen molar-refractivity contribution in [2.75, 3.05) is 7.05 Å². The summed E-state index contributed by atoms with van der Waals surface area (Å²) in [5.41, 5.74) is 3.05. The third-order valence-electron chi connectivity index (χ3n) is 5.02. The molecule has 0 radical (unpaired) electrons. The highest BCUT2D eigenvalue weighted by Gasteiger charge is 2.27. The molecular formula is C18H29N. The van der Waals surface area contributed by atoms with Gasteiger partial charge in [0.15, 0.2) is 0 Å². The Balaban J connectivity index is 2.12. The molecule has 0 aromatic heterocycles. The summed E-state index contributed by atoms with van der Waals surface area (Å²) in [6, 6.07) is 9.52. The van der Waals surface area contributed by atoms with Crippen molar-refractivity contribution in [2.45, 2.75) is 58.4 Å². The van der Waals surface area contributed by atoms with Gasteiger partial charge in [0, 0.05) is 6.04 Å². The number of hydrogen-bond donors (Lipinski definition) is 1. The quantitative estimate of drug-likeness (QED) is 0.806. The average molecular weight is 259 g/mol. The predicted octanol–water partition coefficient (Wildman–Crippen LogP) is 4.73. The molecule has 0 heterocycles. The maximum Gasteiger partial charge on any atom is 0.0348 e. The van der Waals surface area contributed by atoms with Crippen LogP contribution in [0, 0.1) is 11.8 Å². The lowest BCUT2D eigenvalue weighted by atomic mass is 9.75. The topological polar surface area (TPSA) is 12.0 Å². The van der Waals surface area contributed by atoms with Crippen LogP contribution in [-0.2, 0) is 6.42 Å². The Morgan fingerprint density at radius 2 is 1.79 bits per heavy atom. The number of nitrogens with one attached hydrogen (secondary N) is 1. The Morgan fingerprint density at radius 1 is 1.11 bits per heavy atom. The minimum Gasteiger partial charge on any atom is -0.313 e. The van der Waals surface area contributed by atoms with Gasteiger partial charge in [-0.05, 0) is 49.3 Å². The molecule has 0 aliphatic heterocycles. The fourth-order valence-corrected chi connectivity index (χ4v) is 3.73. The number of aryl methyl sites for hydroxylation is 1. The van der Waals surface area contributed by atoms with Crippen molar-refractivity contribution in [1.29, 1.82) is 0 Å². The van der Waals surface area contributed by atoms with E-state index in [1.54, 1.807) is 0 Å². The molecule has 1 saturated carbocycles. The summed E-state index contributed by atoms with van der Waals surface area (Å²) < 4.78 is 0. The summed E-state index contributed by atoms with van der Waals surface area (Å²) in [5, 5.41) is 3.60. The van der Waals surface area contributed by atoms with Crippen LogP contribution in [0.1, 0.15) is 63.1 Å². The standard InChI is InChI=1S/C18H29N/c1-4-14-10-12-16(13-11-14)18(19-3)17-9-7-6-8-15(17)5-2/h6-9,14,16,18-19H,4-5,10-13H2,1-3H3. The largest absolute Gasteiger partial charge is 0.313 e. The molecule has 1 unspecified atom stereocenters. The summed E-state index contributed by atoms with van der Waals surface area (Å²) >= 11 is 0. The Kier molecular flexibility index (Phi) is 5.45. The SMILES string of the molecule is CCc1ccccc1C(NC)C1CCC(CC)CC1. The van der Waals surface area contributed by atoms with E-state index in [2.05, 4.69) is 50.5 Å². The molecule has 1 aliphatic carbocycles. The second-order valence-corrected chi connectivity index (χ2v) is 6.01. The van der Waals surface area contributed by atoms with E-state index in [-0.39, 0.29) is 0 Å². The number of benzene rings is 1. The van der Waals surface area contributed by atoms with Crippen LogP contribution in [0.2, 0.25) is 0 Å². The molecule has 1 aromatic rings. The zero-order chi connectivity index (χ0) is 13.7. The Hall–Kier alpha value is -0.820. The Bertz CT molecular complexity index is 377. The van der Waals surface area contributed by atoms with Crippen LogP contribution in [0.4, 0.5) is 0 Å². The lowest BCUT2D eigenvalue weighted by Gasteiger charge is -2.34. The fraction of sp³-hybridized carbons (Fsp3) is 0.667. The summed E-state index contributed by atoms with van der Waals surface area (Å²) in [5.74, 6) is 1.80. The minimum absolute atomic E-state index is 0.550. The second kappa shape index (κ2) is 7.09. The van der Waals surface area contributed by atoms with E-state index in [1.165, 1.54) is 43.2 Å². The van der Waals surface area contributed by atoms with Crippen LogP contribution in [0.15, 0.2) is 24.3 Å². The van der Waals surface area contributed by atoms with E-state index in [0.29, 0.717) is 6.04 Å². The average Bonchev–Trinajstić information content (AvgIpc) is 2.49. The van der Waals surface area contributed by atoms with Gasteiger partial charge >= 0.3 is 0 Å². The van der Waals surface area contributed by atoms with Crippen molar-refractivity contribution in [3.8, 4) is 0 Å². The van der Waals surface area contributed by atoms with E-state index >= 15 is 0 Å². The highest BCUT2D eigenvalue weighted by atomic mass is 14.9. The highest BCUT2D eigenvalue weighted by Crippen LogP contribution is 2.38. The lowest BCUT2D eigenvalue weighted by molar-refractivity contribution is 0.223. The van der Waals surface area contributed by atoms with E-state index in [1.807, 2.05) is 0 Å². The van der Waals surface area contributed by atoms with Crippen molar-refractivity contribution >= 4 is 0 Å². The molecule has 1 fully saturated rings. The zero-order valence-corrected chi connectivity index (χ0v) is 12.8. The Labute approximate surface area is 118 Å². The van der Waals surface area contributed by atoms with Gasteiger partial charge in [0.25, 0.3) is 0 Å². The van der Waals surface area contributed by atoms with Crippen LogP contribution in [0.3, 0.4) is 0 Å². The van der Waals surface area contributed by atoms with E-state index in [4.69, 9.17) is 0 Å². The highest BCUT2D eigenvalue weighted by molar-refractivity contribution is 5.30. The first-order chi connectivity index (χ1) is 9.30. The van der Waals surface area contributed by atoms with Crippen LogP contribution in [-0.4, -0.2) is 7.05 Å². The first kappa shape index (κ1) is 14.6. The maximum absolute atomic E-state index is 3.60. The van der Waals surface area contributed by atoms with Crippen LogP contribution in [0.5, 0.6) is 0 Å². The third-order valence-corrected chi connectivity index (χ3v) is 5.02. The monoisotopic (exact) mass is 259 g/mol. The van der Waals surface area contributed by atoms with Crippen molar-refractivity contribution in [3.05, 3.63) is 35.4 Å². The summed E-state index contributed by atoms with van der Waals surface area (Å²) in [4.78, 5) is 0. The predicted molar refractivity (Wildman–Crippen MR) is 83.4 cm³/mol. The van der Waals surface area contributed by atoms with Gasteiger partial charge in [-0.3, -0.25) is 0 Å². The van der Waals surface area contributed by atoms with Gasteiger partial charge in [-0.2, -0.15) is 0 Å². The lowest BCUT2D eigenvalue weighted by Crippen LogP contribution is -2.29. The molecule has 0 bridgehead atoms. The second-order valence-electron chi connectivity index (χ2n) is 6.01. The molecule has 2 rings (SSSR count). The Morgan fingerprint density at radius 3 is 2.37 bits per heavy atom. The van der Waals surface area contributed by atoms with Crippen LogP contribution < -0.4 is 5.32 Å². The van der Waals surface area contributed by atoms with Crippen molar-refractivity contribution in [1.82, 2.24) is 5.32 Å². The summed E-state index contributed by atoms with van der Waals surface area (Å²) in [6.07, 6.45) is 8.13. The van der Waals surface area contributed by atoms with Crippen LogP contribution in [0.25, 0.3) is 0 Å². The molecule has 0 saturated heterocycles. The summed E-state index contributed by atoms with van der Waals surface area (Å²) in [6.45, 7) is 4.60. The van der Waals surface area contributed by atoms with Gasteiger partial charge in [0.05, 0.1) is 0 Å². The van der Waals surface area contributed by atoms with Crippen molar-refractivity contribution in [3.63, 3.8) is 0 Å². The molecule has 1 aliphatic rings. The first-order valence-electron chi connectivity index (χ1n) is 8.05. The number of hydrogen-bond acceptors (Lipinski definition) is 1. The van der Waals surface area contributed by atoms with Crippen LogP contribution >= 0.6 is 0 Å². The van der Waals surface area contributed by atoms with E-state index in [9.17, 15) is 0 Å². The molecule has 1 aromatic carbocycles.